The summed E-state index contributed by atoms with van der Waals surface area (Å²) in [4.78, 5) is 58.0. The van der Waals surface area contributed by atoms with E-state index in [-0.39, 0.29) is 11.4 Å². The van der Waals surface area contributed by atoms with Crippen LogP contribution in [0.1, 0.15) is 16.6 Å². The van der Waals surface area contributed by atoms with Gasteiger partial charge >= 0.3 is 7.82 Å². The third-order valence-electron chi connectivity index (χ3n) is 6.81. The Morgan fingerprint density at radius 3 is 2.50 bits per heavy atom. The molecular weight excluding hydrogens is 638 g/mol. The number of ether oxygens (including phenoxy) is 2. The first-order valence-corrected chi connectivity index (χ1v) is 15.6. The second-order valence-electron chi connectivity index (χ2n) is 9.73. The van der Waals surface area contributed by atoms with Gasteiger partial charge in [-0.15, -0.1) is 0 Å². The monoisotopic (exact) mass is 664 g/mol. The molecule has 5 rings (SSSR count). The number of aromatic nitrogens is 1. The predicted octanol–water partition coefficient (Wildman–Crippen LogP) is -4.56. The minimum atomic E-state index is -5.63. The van der Waals surface area contributed by atoms with Crippen molar-refractivity contribution in [3.63, 3.8) is 0 Å². The van der Waals surface area contributed by atoms with Crippen molar-refractivity contribution >= 4 is 46.0 Å². The van der Waals surface area contributed by atoms with Gasteiger partial charge < -0.3 is 49.9 Å². The van der Waals surface area contributed by atoms with Crippen LogP contribution >= 0.6 is 15.6 Å². The molecule has 7 N–H and O–H groups in total. The van der Waals surface area contributed by atoms with Gasteiger partial charge in [-0.05, 0) is 6.07 Å². The van der Waals surface area contributed by atoms with Crippen molar-refractivity contribution in [2.24, 2.45) is 20.7 Å². The van der Waals surface area contributed by atoms with Gasteiger partial charge in [-0.3, -0.25) is 28.6 Å². The number of aliphatic imine (C=N–C) groups is 3. The highest BCUT2D eigenvalue weighted by molar-refractivity contribution is 7.60. The maximum absolute atomic E-state index is 12.4. The summed E-state index contributed by atoms with van der Waals surface area (Å²) in [5, 5.41) is 41.5. The van der Waals surface area contributed by atoms with Crippen LogP contribution in [0.4, 0.5) is 0 Å². The average molecular weight is 664 g/mol. The molecule has 240 valence electrons. The molecule has 0 saturated carbocycles. The van der Waals surface area contributed by atoms with Crippen LogP contribution in [0.2, 0.25) is 0 Å². The summed E-state index contributed by atoms with van der Waals surface area (Å²) >= 11 is 0. The molecule has 0 spiro atoms. The summed E-state index contributed by atoms with van der Waals surface area (Å²) in [7, 11) is -11.1. The summed E-state index contributed by atoms with van der Waals surface area (Å²) in [5.41, 5.74) is 5.28. The van der Waals surface area contributed by atoms with Crippen molar-refractivity contribution in [2.75, 3.05) is 13.2 Å². The van der Waals surface area contributed by atoms with Gasteiger partial charge in [-0.1, -0.05) is 0 Å². The fraction of sp³-hybridized carbons (Fsp3) is 0.524. The van der Waals surface area contributed by atoms with Gasteiger partial charge in [0.05, 0.1) is 19.6 Å². The van der Waals surface area contributed by atoms with Crippen LogP contribution in [-0.4, -0.2) is 123 Å². The van der Waals surface area contributed by atoms with Crippen molar-refractivity contribution < 1.29 is 76.3 Å². The topological polar surface area (TPSA) is 309 Å². The van der Waals surface area contributed by atoms with Crippen molar-refractivity contribution in [1.82, 2.24) is 4.90 Å². The molecular formula is C21H26N6O15P2. The number of aliphatic hydroxyl groups is 4. The number of primary amides is 1. The summed E-state index contributed by atoms with van der Waals surface area (Å²) in [6, 6.07) is 1.73. The molecule has 0 aromatic carbocycles. The van der Waals surface area contributed by atoms with Gasteiger partial charge in [0.25, 0.3) is 25.9 Å². The number of rotatable bonds is 11. The van der Waals surface area contributed by atoms with E-state index >= 15 is 0 Å². The van der Waals surface area contributed by atoms with E-state index < -0.39 is 95.8 Å². The average Bonchev–Trinajstić information content (AvgIpc) is 3.61. The van der Waals surface area contributed by atoms with Crippen LogP contribution < -0.4 is 15.2 Å². The number of aliphatic hydroxyl groups excluding tert-OH is 4. The van der Waals surface area contributed by atoms with Crippen LogP contribution in [0.5, 0.6) is 0 Å². The molecule has 1 aromatic heterocycles. The Kier molecular flexibility index (Phi) is 9.23. The molecule has 44 heavy (non-hydrogen) atoms. The molecule has 0 bridgehead atoms. The molecule has 4 aliphatic rings. The predicted molar refractivity (Wildman–Crippen MR) is 137 cm³/mol. The lowest BCUT2D eigenvalue weighted by Gasteiger charge is -2.27. The SMILES string of the molecule is NC(=O)c1ccc[n+]([C@@H]2O[C@H](COP(=O)([O-])OP(=O)(O)OC[C@H]3O[C@@H](N4C=NC5C(=O)N=CN=C54)[C@H](O)[C@@H]3O)[C@@H](O)[C@H]2O)c1. The number of nitrogens with zero attached hydrogens (tertiary/aromatic N) is 5. The van der Waals surface area contributed by atoms with Crippen LogP contribution in [0.25, 0.3) is 0 Å². The van der Waals surface area contributed by atoms with Gasteiger partial charge in [0.2, 0.25) is 0 Å². The fourth-order valence-corrected chi connectivity index (χ4v) is 6.69. The van der Waals surface area contributed by atoms with E-state index in [9.17, 15) is 48.9 Å². The lowest BCUT2D eigenvalue weighted by molar-refractivity contribution is -0.765. The van der Waals surface area contributed by atoms with E-state index in [0.29, 0.717) is 0 Å². The lowest BCUT2D eigenvalue weighted by Crippen LogP contribution is -2.48. The summed E-state index contributed by atoms with van der Waals surface area (Å²) in [6.45, 7) is -1.93. The Balaban J connectivity index is 1.14. The molecule has 4 aliphatic heterocycles. The molecule has 1 aromatic rings. The Morgan fingerprint density at radius 1 is 1.09 bits per heavy atom. The number of amides is 2. The number of fused-ring (bicyclic) bond motifs is 1. The zero-order chi connectivity index (χ0) is 32.0. The van der Waals surface area contributed by atoms with Crippen LogP contribution in [0.15, 0.2) is 39.5 Å². The maximum Gasteiger partial charge on any atom is 0.478 e. The molecule has 11 atom stereocenters. The van der Waals surface area contributed by atoms with E-state index in [0.717, 1.165) is 17.6 Å². The maximum atomic E-state index is 12.4. The van der Waals surface area contributed by atoms with Gasteiger partial charge in [0.15, 0.2) is 30.8 Å². The molecule has 2 amide bonds. The first-order valence-electron chi connectivity index (χ1n) is 12.6. The van der Waals surface area contributed by atoms with E-state index in [4.69, 9.17) is 15.2 Å². The van der Waals surface area contributed by atoms with Gasteiger partial charge in [0.1, 0.15) is 48.3 Å². The standard InChI is InChI=1S/C21H26N6O15P2/c22-17(32)9-2-1-3-26(4-9)20-15(30)13(28)10(40-20)5-38-43(34,35)42-44(36,37)39-6-11-14(29)16(31)21(41-11)27-8-25-12-18(27)23-7-24-19(12)33/h1-4,7-8,10-16,20-21,28-31H,5-6H2,(H3-,22,32,34,35,36,37)/t10-,11-,12?,13-,14-,15-,16-,20-,21-/m1/s1. The highest BCUT2D eigenvalue weighted by Gasteiger charge is 2.51. The van der Waals surface area contributed by atoms with E-state index in [2.05, 4.69) is 28.3 Å². The second-order valence-corrected chi connectivity index (χ2v) is 12.7. The highest BCUT2D eigenvalue weighted by Crippen LogP contribution is 2.58. The molecule has 2 saturated heterocycles. The minimum absolute atomic E-state index is 0.0522. The lowest BCUT2D eigenvalue weighted by atomic mass is 10.1. The normalized spacial score (nSPS) is 35.8. The molecule has 21 nitrogen and oxygen atoms in total. The van der Waals surface area contributed by atoms with Crippen molar-refractivity contribution in [3.8, 4) is 0 Å². The molecule has 0 radical (unpaired) electrons. The molecule has 23 heteroatoms. The number of carbonyl (C=O) groups excluding carboxylic acids is 2. The molecule has 3 unspecified atom stereocenters. The number of hydrogen-bond donors (Lipinski definition) is 6. The van der Waals surface area contributed by atoms with Gasteiger partial charge in [-0.2, -0.15) is 9.56 Å². The number of carbonyl (C=O) groups is 2. The third-order valence-corrected chi connectivity index (χ3v) is 9.38. The third kappa shape index (κ3) is 6.70. The van der Waals surface area contributed by atoms with E-state index in [1.165, 1.54) is 29.1 Å². The summed E-state index contributed by atoms with van der Waals surface area (Å²) in [6.07, 6.45) is -7.54. The Morgan fingerprint density at radius 2 is 1.77 bits per heavy atom. The smallest absolute Gasteiger partial charge is 0.478 e. The molecule has 5 heterocycles. The van der Waals surface area contributed by atoms with Crippen LogP contribution in [0.3, 0.4) is 0 Å². The number of phosphoric ester groups is 2. The fourth-order valence-electron chi connectivity index (χ4n) is 4.64. The quantitative estimate of drug-likeness (QED) is 0.0958. The van der Waals surface area contributed by atoms with Crippen molar-refractivity contribution in [2.45, 2.75) is 55.1 Å². The van der Waals surface area contributed by atoms with E-state index in [1.807, 2.05) is 0 Å². The first-order chi connectivity index (χ1) is 20.7. The van der Waals surface area contributed by atoms with Gasteiger partial charge in [0, 0.05) is 6.07 Å². The van der Waals surface area contributed by atoms with Crippen molar-refractivity contribution in [3.05, 3.63) is 30.1 Å². The summed E-state index contributed by atoms with van der Waals surface area (Å²) in [5.74, 6) is -1.35. The number of pyridine rings is 1. The largest absolute Gasteiger partial charge is 0.756 e. The van der Waals surface area contributed by atoms with Gasteiger partial charge in [-0.25, -0.2) is 13.9 Å². The number of hydrogen-bond acceptors (Lipinski definition) is 17. The second kappa shape index (κ2) is 12.5. The zero-order valence-corrected chi connectivity index (χ0v) is 23.9. The summed E-state index contributed by atoms with van der Waals surface area (Å²) < 4.78 is 50.1. The number of nitrogens with two attached hydrogens (primary N) is 1. The zero-order valence-electron chi connectivity index (χ0n) is 22.1. The van der Waals surface area contributed by atoms with E-state index in [1.54, 1.807) is 0 Å². The Hall–Kier alpha value is -2.88. The minimum Gasteiger partial charge on any atom is -0.756 e. The van der Waals surface area contributed by atoms with Crippen LogP contribution in [-0.2, 0) is 36.8 Å². The molecule has 0 aliphatic carbocycles. The first kappa shape index (κ1) is 32.5. The number of phosphoric acid groups is 2. The highest BCUT2D eigenvalue weighted by atomic mass is 31.3. The Labute approximate surface area is 246 Å². The number of amidine groups is 1. The molecule has 2 fully saturated rings. The van der Waals surface area contributed by atoms with Crippen LogP contribution in [0, 0.1) is 0 Å². The Bertz CT molecular complexity index is 1490. The van der Waals surface area contributed by atoms with Crippen molar-refractivity contribution in [1.29, 1.82) is 0 Å².